The first-order valence-electron chi connectivity index (χ1n) is 9.85. The highest BCUT2D eigenvalue weighted by Crippen LogP contribution is 2.32. The Morgan fingerprint density at radius 1 is 1.03 bits per heavy atom. The number of aromatic amines is 1. The van der Waals surface area contributed by atoms with Crippen LogP contribution in [0.15, 0.2) is 64.3 Å². The number of piperazine rings is 1. The average Bonchev–Trinajstić information content (AvgIpc) is 2.88. The van der Waals surface area contributed by atoms with Crippen LogP contribution in [-0.4, -0.2) is 63.4 Å². The first-order valence-corrected chi connectivity index (χ1v) is 9.85. The second-order valence-electron chi connectivity index (χ2n) is 7.50. The van der Waals surface area contributed by atoms with Crippen LogP contribution in [0.25, 0.3) is 11.0 Å². The Bertz CT molecular complexity index is 1070. The van der Waals surface area contributed by atoms with Crippen LogP contribution in [0.4, 0.5) is 13.2 Å². The van der Waals surface area contributed by atoms with E-state index in [0.29, 0.717) is 45.0 Å². The number of fused-ring (bicyclic) bond motifs is 1. The lowest BCUT2D eigenvalue weighted by atomic mass is 10.1. The minimum atomic E-state index is -4.42. The topological polar surface area (TPSA) is 64.5 Å². The predicted molar refractivity (Wildman–Crippen MR) is 108 cm³/mol. The molecule has 4 rings (SSSR count). The van der Waals surface area contributed by atoms with Crippen molar-refractivity contribution in [3.8, 4) is 0 Å². The van der Waals surface area contributed by atoms with Crippen molar-refractivity contribution in [1.29, 1.82) is 0 Å². The van der Waals surface area contributed by atoms with Crippen LogP contribution < -0.4 is 5.69 Å². The molecule has 1 saturated heterocycles. The number of hydrogen-bond acceptors (Lipinski definition) is 4. The van der Waals surface area contributed by atoms with Gasteiger partial charge in [0, 0.05) is 56.6 Å². The lowest BCUT2D eigenvalue weighted by Gasteiger charge is -2.36. The maximum absolute atomic E-state index is 13.2. The molecule has 2 heterocycles. The van der Waals surface area contributed by atoms with Crippen LogP contribution in [0.3, 0.4) is 0 Å². The average molecular weight is 420 g/mol. The zero-order valence-electron chi connectivity index (χ0n) is 16.3. The Labute approximate surface area is 171 Å². The molecular formula is C21H23F3N4O2. The summed E-state index contributed by atoms with van der Waals surface area (Å²) in [6.07, 6.45) is -1.06. The number of hydrogen-bond donors (Lipinski definition) is 2. The minimum Gasteiger partial charge on any atom is -0.508 e. The van der Waals surface area contributed by atoms with E-state index in [1.807, 2.05) is 29.2 Å². The van der Waals surface area contributed by atoms with E-state index in [2.05, 4.69) is 9.88 Å². The second-order valence-corrected chi connectivity index (χ2v) is 7.50. The highest BCUT2D eigenvalue weighted by Gasteiger charge is 2.34. The molecule has 0 radical (unpaired) electrons. The van der Waals surface area contributed by atoms with E-state index in [-0.39, 0.29) is 17.9 Å². The quantitative estimate of drug-likeness (QED) is 0.798. The molecule has 1 aromatic heterocycles. The normalized spacial score (nSPS) is 18.8. The van der Waals surface area contributed by atoms with Gasteiger partial charge in [0.2, 0.25) is 0 Å². The number of imidazole rings is 1. The third-order valence-corrected chi connectivity index (χ3v) is 5.57. The van der Waals surface area contributed by atoms with Crippen LogP contribution >= 0.6 is 0 Å². The lowest BCUT2D eigenvalue weighted by molar-refractivity contribution is -0.0930. The maximum atomic E-state index is 13.2. The van der Waals surface area contributed by atoms with Crippen molar-refractivity contribution < 1.29 is 18.3 Å². The number of para-hydroxylation sites is 2. The summed E-state index contributed by atoms with van der Waals surface area (Å²) in [5, 5.41) is 9.84. The van der Waals surface area contributed by atoms with E-state index in [1.165, 1.54) is 12.2 Å². The molecule has 0 amide bonds. The number of benzene rings is 1. The van der Waals surface area contributed by atoms with Gasteiger partial charge in [-0.05, 0) is 30.7 Å². The second kappa shape index (κ2) is 8.06. The van der Waals surface area contributed by atoms with Gasteiger partial charge < -0.3 is 15.0 Å². The largest absolute Gasteiger partial charge is 0.508 e. The van der Waals surface area contributed by atoms with Gasteiger partial charge in [0.15, 0.2) is 0 Å². The summed E-state index contributed by atoms with van der Waals surface area (Å²) in [4.78, 5) is 19.1. The number of nitrogens with zero attached hydrogens (tertiary/aromatic N) is 3. The van der Waals surface area contributed by atoms with Gasteiger partial charge in [-0.3, -0.25) is 9.47 Å². The van der Waals surface area contributed by atoms with Crippen molar-refractivity contribution in [1.82, 2.24) is 19.4 Å². The van der Waals surface area contributed by atoms with E-state index in [4.69, 9.17) is 0 Å². The Hall–Kier alpha value is -2.94. The summed E-state index contributed by atoms with van der Waals surface area (Å²) in [7, 11) is 0. The number of aromatic nitrogens is 2. The van der Waals surface area contributed by atoms with E-state index in [9.17, 15) is 23.1 Å². The van der Waals surface area contributed by atoms with Crippen molar-refractivity contribution >= 4 is 11.0 Å². The molecule has 0 spiro atoms. The van der Waals surface area contributed by atoms with Crippen molar-refractivity contribution in [2.45, 2.75) is 19.1 Å². The van der Waals surface area contributed by atoms with Crippen molar-refractivity contribution in [3.63, 3.8) is 0 Å². The van der Waals surface area contributed by atoms with Gasteiger partial charge in [0.1, 0.15) is 5.76 Å². The predicted octanol–water partition coefficient (Wildman–Crippen LogP) is 3.17. The minimum absolute atomic E-state index is 0.148. The fourth-order valence-electron chi connectivity index (χ4n) is 3.88. The zero-order chi connectivity index (χ0) is 21.3. The smallest absolute Gasteiger partial charge is 0.413 e. The number of alkyl halides is 3. The third kappa shape index (κ3) is 4.30. The summed E-state index contributed by atoms with van der Waals surface area (Å²) in [5.41, 5.74) is 1.22. The van der Waals surface area contributed by atoms with Crippen molar-refractivity contribution in [2.24, 2.45) is 0 Å². The van der Waals surface area contributed by atoms with Crippen LogP contribution in [0.2, 0.25) is 0 Å². The van der Waals surface area contributed by atoms with Gasteiger partial charge >= 0.3 is 11.9 Å². The van der Waals surface area contributed by atoms with Gasteiger partial charge in [-0.25, -0.2) is 4.79 Å². The SMILES string of the molecule is O=c1[nH]c2ccccc2n1CCN1CCN(C2=CC(O)=CCC(C(F)(F)F)=C2)CC1. The Kier molecular flexibility index (Phi) is 5.46. The molecule has 160 valence electrons. The standard InChI is InChI=1S/C21H23F3N4O2/c22-21(23,24)15-5-6-17(29)14-16(13-15)27-10-7-26(8-11-27)9-12-28-19-4-2-1-3-18(19)25-20(28)30/h1-4,6,13-14,29H,5,7-12H2,(H,25,30). The highest BCUT2D eigenvalue weighted by atomic mass is 19.4. The molecule has 2 aliphatic rings. The molecule has 2 N–H and O–H groups in total. The monoisotopic (exact) mass is 420 g/mol. The Morgan fingerprint density at radius 2 is 1.77 bits per heavy atom. The van der Waals surface area contributed by atoms with Gasteiger partial charge in [0.25, 0.3) is 0 Å². The van der Waals surface area contributed by atoms with Crippen LogP contribution in [0, 0.1) is 0 Å². The molecule has 1 aliphatic carbocycles. The Morgan fingerprint density at radius 3 is 2.50 bits per heavy atom. The molecule has 0 unspecified atom stereocenters. The van der Waals surface area contributed by atoms with Gasteiger partial charge in [0.05, 0.1) is 11.0 Å². The number of rotatable bonds is 4. The van der Waals surface area contributed by atoms with Crippen molar-refractivity contribution in [3.05, 3.63) is 70.0 Å². The number of halogens is 3. The first kappa shape index (κ1) is 20.3. The number of H-pyrrole nitrogens is 1. The summed E-state index contributed by atoms with van der Waals surface area (Å²) < 4.78 is 41.2. The van der Waals surface area contributed by atoms with Crippen molar-refractivity contribution in [2.75, 3.05) is 32.7 Å². The molecule has 1 aromatic carbocycles. The number of aliphatic hydroxyl groups excluding tert-OH is 1. The first-order chi connectivity index (χ1) is 14.3. The van der Waals surface area contributed by atoms with E-state index in [1.54, 1.807) is 4.57 Å². The third-order valence-electron chi connectivity index (χ3n) is 5.57. The van der Waals surface area contributed by atoms with Gasteiger partial charge in [-0.2, -0.15) is 13.2 Å². The molecule has 0 bridgehead atoms. The molecule has 6 nitrogen and oxygen atoms in total. The number of aliphatic hydroxyl groups is 1. The van der Waals surface area contributed by atoms with Gasteiger partial charge in [-0.1, -0.05) is 12.1 Å². The summed E-state index contributed by atoms with van der Waals surface area (Å²) >= 11 is 0. The lowest BCUT2D eigenvalue weighted by Crippen LogP contribution is -2.46. The van der Waals surface area contributed by atoms with E-state index in [0.717, 1.165) is 17.1 Å². The zero-order valence-corrected chi connectivity index (χ0v) is 16.3. The molecule has 9 heteroatoms. The summed E-state index contributed by atoms with van der Waals surface area (Å²) in [6.45, 7) is 3.62. The molecule has 1 aliphatic heterocycles. The molecular weight excluding hydrogens is 397 g/mol. The van der Waals surface area contributed by atoms with Crippen LogP contribution in [0.5, 0.6) is 0 Å². The van der Waals surface area contributed by atoms with Crippen LogP contribution in [0.1, 0.15) is 6.42 Å². The number of nitrogens with one attached hydrogen (secondary N) is 1. The molecule has 0 saturated carbocycles. The van der Waals surface area contributed by atoms with E-state index >= 15 is 0 Å². The molecule has 0 atom stereocenters. The molecule has 2 aromatic rings. The summed E-state index contributed by atoms with van der Waals surface area (Å²) in [6, 6.07) is 7.51. The van der Waals surface area contributed by atoms with Gasteiger partial charge in [-0.15, -0.1) is 0 Å². The fourth-order valence-corrected chi connectivity index (χ4v) is 3.88. The molecule has 1 fully saturated rings. The highest BCUT2D eigenvalue weighted by molar-refractivity contribution is 5.74. The summed E-state index contributed by atoms with van der Waals surface area (Å²) in [5.74, 6) is -0.151. The number of allylic oxidation sites excluding steroid dienone is 4. The fraction of sp³-hybridized carbons (Fsp3) is 0.381. The Balaban J connectivity index is 1.39. The maximum Gasteiger partial charge on any atom is 0.413 e. The molecule has 30 heavy (non-hydrogen) atoms. The van der Waals surface area contributed by atoms with Crippen LogP contribution in [-0.2, 0) is 6.54 Å². The van der Waals surface area contributed by atoms with E-state index < -0.39 is 11.7 Å².